The molecule has 1 heterocycles. The SMILES string of the molecule is CC(=O)N[C@H]1CC[C@H](Oc2ccc3[nH]ncc3c2C)CC1. The highest BCUT2D eigenvalue weighted by molar-refractivity contribution is 5.83. The molecule has 112 valence electrons. The first-order valence-electron chi connectivity index (χ1n) is 7.50. The third-order valence-electron chi connectivity index (χ3n) is 4.22. The van der Waals surface area contributed by atoms with Crippen molar-refractivity contribution in [2.45, 2.75) is 51.7 Å². The van der Waals surface area contributed by atoms with E-state index in [0.717, 1.165) is 47.9 Å². The van der Waals surface area contributed by atoms with Crippen molar-refractivity contribution in [3.63, 3.8) is 0 Å². The van der Waals surface area contributed by atoms with Crippen molar-refractivity contribution in [2.75, 3.05) is 0 Å². The van der Waals surface area contributed by atoms with Gasteiger partial charge in [-0.3, -0.25) is 9.89 Å². The summed E-state index contributed by atoms with van der Waals surface area (Å²) in [5.74, 6) is 0.993. The van der Waals surface area contributed by atoms with Gasteiger partial charge in [0.05, 0.1) is 17.8 Å². The number of nitrogens with one attached hydrogen (secondary N) is 2. The van der Waals surface area contributed by atoms with Crippen LogP contribution in [0.4, 0.5) is 0 Å². The lowest BCUT2D eigenvalue weighted by Crippen LogP contribution is -2.38. The number of ether oxygens (including phenoxy) is 1. The lowest BCUT2D eigenvalue weighted by Gasteiger charge is -2.29. The Morgan fingerprint density at radius 2 is 2.10 bits per heavy atom. The molecular formula is C16H21N3O2. The van der Waals surface area contributed by atoms with Gasteiger partial charge in [-0.2, -0.15) is 5.10 Å². The molecule has 0 aliphatic heterocycles. The van der Waals surface area contributed by atoms with Crippen molar-refractivity contribution in [2.24, 2.45) is 0 Å². The monoisotopic (exact) mass is 287 g/mol. The molecule has 1 aromatic carbocycles. The van der Waals surface area contributed by atoms with Crippen LogP contribution in [0.2, 0.25) is 0 Å². The van der Waals surface area contributed by atoms with Crippen LogP contribution in [0.15, 0.2) is 18.3 Å². The Labute approximate surface area is 124 Å². The van der Waals surface area contributed by atoms with E-state index in [0.29, 0.717) is 6.04 Å². The summed E-state index contributed by atoms with van der Waals surface area (Å²) in [6.07, 6.45) is 6.00. The zero-order valence-corrected chi connectivity index (χ0v) is 12.5. The van der Waals surface area contributed by atoms with Crippen molar-refractivity contribution >= 4 is 16.8 Å². The molecule has 1 fully saturated rings. The standard InChI is InChI=1S/C16H21N3O2/c1-10-14-9-17-19-15(14)7-8-16(10)21-13-5-3-12(4-6-13)18-11(2)20/h7-9,12-13H,3-6H2,1-2H3,(H,17,19)(H,18,20)/t12-,13-. The third kappa shape index (κ3) is 3.01. The van der Waals surface area contributed by atoms with Gasteiger partial charge in [0.2, 0.25) is 5.91 Å². The van der Waals surface area contributed by atoms with E-state index in [1.165, 1.54) is 0 Å². The summed E-state index contributed by atoms with van der Waals surface area (Å²) in [5, 5.41) is 11.1. The van der Waals surface area contributed by atoms with Crippen molar-refractivity contribution in [1.29, 1.82) is 0 Å². The van der Waals surface area contributed by atoms with E-state index in [1.54, 1.807) is 6.92 Å². The quantitative estimate of drug-likeness (QED) is 0.912. The molecule has 3 rings (SSSR count). The fraction of sp³-hybridized carbons (Fsp3) is 0.500. The fourth-order valence-corrected chi connectivity index (χ4v) is 3.06. The van der Waals surface area contributed by atoms with Gasteiger partial charge in [-0.25, -0.2) is 0 Å². The predicted octanol–water partition coefficient (Wildman–Crippen LogP) is 2.70. The molecule has 0 atom stereocenters. The summed E-state index contributed by atoms with van der Waals surface area (Å²) < 4.78 is 6.16. The second kappa shape index (κ2) is 5.76. The molecule has 5 heteroatoms. The highest BCUT2D eigenvalue weighted by Crippen LogP contribution is 2.29. The Morgan fingerprint density at radius 3 is 2.81 bits per heavy atom. The second-order valence-electron chi connectivity index (χ2n) is 5.81. The van der Waals surface area contributed by atoms with Gasteiger partial charge < -0.3 is 10.1 Å². The smallest absolute Gasteiger partial charge is 0.217 e. The highest BCUT2D eigenvalue weighted by atomic mass is 16.5. The number of nitrogens with zero attached hydrogens (tertiary/aromatic N) is 1. The number of carbonyl (C=O) groups is 1. The molecule has 1 amide bonds. The minimum Gasteiger partial charge on any atom is -0.490 e. The zero-order chi connectivity index (χ0) is 14.8. The van der Waals surface area contributed by atoms with E-state index in [9.17, 15) is 4.79 Å². The van der Waals surface area contributed by atoms with E-state index in [-0.39, 0.29) is 12.0 Å². The number of aromatic nitrogens is 2. The lowest BCUT2D eigenvalue weighted by atomic mass is 9.93. The van der Waals surface area contributed by atoms with Gasteiger partial charge in [0.15, 0.2) is 0 Å². The van der Waals surface area contributed by atoms with Crippen LogP contribution in [0, 0.1) is 6.92 Å². The van der Waals surface area contributed by atoms with Crippen molar-refractivity contribution in [3.8, 4) is 5.75 Å². The molecule has 2 aromatic rings. The van der Waals surface area contributed by atoms with Gasteiger partial charge in [0.1, 0.15) is 5.75 Å². The van der Waals surface area contributed by atoms with Crippen LogP contribution in [0.25, 0.3) is 10.9 Å². The number of hydrogen-bond donors (Lipinski definition) is 2. The molecule has 0 unspecified atom stereocenters. The predicted molar refractivity (Wildman–Crippen MR) is 81.3 cm³/mol. The zero-order valence-electron chi connectivity index (χ0n) is 12.5. The number of carbonyl (C=O) groups excluding carboxylic acids is 1. The van der Waals surface area contributed by atoms with E-state index in [4.69, 9.17) is 4.74 Å². The molecule has 1 aromatic heterocycles. The van der Waals surface area contributed by atoms with E-state index in [2.05, 4.69) is 22.4 Å². The number of H-pyrrole nitrogens is 1. The van der Waals surface area contributed by atoms with Gasteiger partial charge in [-0.15, -0.1) is 0 Å². The lowest BCUT2D eigenvalue weighted by molar-refractivity contribution is -0.120. The van der Waals surface area contributed by atoms with E-state index >= 15 is 0 Å². The normalized spacial score (nSPS) is 22.2. The average Bonchev–Trinajstić information content (AvgIpc) is 2.93. The Kier molecular flexibility index (Phi) is 3.82. The van der Waals surface area contributed by atoms with Crippen LogP contribution in [0.3, 0.4) is 0 Å². The first-order chi connectivity index (χ1) is 10.1. The average molecular weight is 287 g/mol. The topological polar surface area (TPSA) is 67.0 Å². The molecular weight excluding hydrogens is 266 g/mol. The van der Waals surface area contributed by atoms with Gasteiger partial charge in [0.25, 0.3) is 0 Å². The van der Waals surface area contributed by atoms with Crippen LogP contribution < -0.4 is 10.1 Å². The third-order valence-corrected chi connectivity index (χ3v) is 4.22. The van der Waals surface area contributed by atoms with Gasteiger partial charge in [-0.1, -0.05) is 0 Å². The summed E-state index contributed by atoms with van der Waals surface area (Å²) in [6, 6.07) is 4.32. The minimum absolute atomic E-state index is 0.0561. The fourth-order valence-electron chi connectivity index (χ4n) is 3.06. The minimum atomic E-state index is 0.0561. The van der Waals surface area contributed by atoms with Crippen molar-refractivity contribution in [3.05, 3.63) is 23.9 Å². The van der Waals surface area contributed by atoms with Crippen molar-refractivity contribution in [1.82, 2.24) is 15.5 Å². The van der Waals surface area contributed by atoms with Crippen LogP contribution in [-0.2, 0) is 4.79 Å². The summed E-state index contributed by atoms with van der Waals surface area (Å²) in [7, 11) is 0. The van der Waals surface area contributed by atoms with Crippen LogP contribution in [0.5, 0.6) is 5.75 Å². The number of rotatable bonds is 3. The molecule has 5 nitrogen and oxygen atoms in total. The largest absolute Gasteiger partial charge is 0.490 e. The molecule has 0 radical (unpaired) electrons. The summed E-state index contributed by atoms with van der Waals surface area (Å²) in [4.78, 5) is 11.1. The Balaban J connectivity index is 1.64. The maximum absolute atomic E-state index is 11.1. The molecule has 2 N–H and O–H groups in total. The molecule has 21 heavy (non-hydrogen) atoms. The molecule has 1 aliphatic carbocycles. The van der Waals surface area contributed by atoms with Crippen LogP contribution >= 0.6 is 0 Å². The first-order valence-corrected chi connectivity index (χ1v) is 7.50. The van der Waals surface area contributed by atoms with Gasteiger partial charge in [-0.05, 0) is 44.7 Å². The number of aromatic amines is 1. The summed E-state index contributed by atoms with van der Waals surface area (Å²) in [5.41, 5.74) is 2.17. The molecule has 1 saturated carbocycles. The molecule has 1 aliphatic rings. The number of amides is 1. The van der Waals surface area contributed by atoms with E-state index < -0.39 is 0 Å². The van der Waals surface area contributed by atoms with Crippen molar-refractivity contribution < 1.29 is 9.53 Å². The maximum atomic E-state index is 11.1. The number of fused-ring (bicyclic) bond motifs is 1. The maximum Gasteiger partial charge on any atom is 0.217 e. The Morgan fingerprint density at radius 1 is 1.33 bits per heavy atom. The van der Waals surface area contributed by atoms with Gasteiger partial charge >= 0.3 is 0 Å². The highest BCUT2D eigenvalue weighted by Gasteiger charge is 2.23. The Bertz CT molecular complexity index is 642. The Hall–Kier alpha value is -2.04. The molecule has 0 spiro atoms. The summed E-state index contributed by atoms with van der Waals surface area (Å²) >= 11 is 0. The molecule has 0 saturated heterocycles. The second-order valence-corrected chi connectivity index (χ2v) is 5.81. The van der Waals surface area contributed by atoms with Crippen LogP contribution in [-0.4, -0.2) is 28.3 Å². The number of benzene rings is 1. The molecule has 0 bridgehead atoms. The summed E-state index contributed by atoms with van der Waals surface area (Å²) in [6.45, 7) is 3.64. The number of aryl methyl sites for hydroxylation is 1. The van der Waals surface area contributed by atoms with Gasteiger partial charge in [0, 0.05) is 23.9 Å². The van der Waals surface area contributed by atoms with Crippen LogP contribution in [0.1, 0.15) is 38.2 Å². The van der Waals surface area contributed by atoms with E-state index in [1.807, 2.05) is 18.3 Å². The first kappa shape index (κ1) is 13.9. The number of hydrogen-bond acceptors (Lipinski definition) is 3.